The van der Waals surface area contributed by atoms with Crippen LogP contribution in [0.25, 0.3) is 0 Å². The zero-order valence-corrected chi connectivity index (χ0v) is 10.7. The Bertz CT molecular complexity index is 405. The molecular weight excluding hydrogens is 249 g/mol. The molecule has 104 valence electrons. The number of amides is 2. The summed E-state index contributed by atoms with van der Waals surface area (Å²) in [5.74, 6) is -0.103. The van der Waals surface area contributed by atoms with Crippen LogP contribution in [0.5, 0.6) is 0 Å². The Labute approximate surface area is 111 Å². The van der Waals surface area contributed by atoms with Crippen molar-refractivity contribution in [2.45, 2.75) is 31.8 Å². The number of nitrogens with one attached hydrogen (secondary N) is 2. The summed E-state index contributed by atoms with van der Waals surface area (Å²) in [5, 5.41) is 5.27. The van der Waals surface area contributed by atoms with Crippen LogP contribution in [0.3, 0.4) is 0 Å². The molecule has 2 N–H and O–H groups in total. The van der Waals surface area contributed by atoms with Gasteiger partial charge in [-0.15, -0.1) is 0 Å². The van der Waals surface area contributed by atoms with Crippen molar-refractivity contribution < 1.29 is 13.9 Å². The Kier molecular flexibility index (Phi) is 5.09. The molecule has 1 atom stereocenters. The summed E-state index contributed by atoms with van der Waals surface area (Å²) in [4.78, 5) is 15.3. The number of halogens is 1. The highest BCUT2D eigenvalue weighted by Crippen LogP contribution is 2.14. The first-order valence-electron chi connectivity index (χ1n) is 6.52. The van der Waals surface area contributed by atoms with Gasteiger partial charge in [0.1, 0.15) is 11.6 Å². The van der Waals surface area contributed by atoms with Crippen LogP contribution in [0, 0.1) is 5.82 Å². The van der Waals surface area contributed by atoms with Gasteiger partial charge in [-0.05, 0) is 37.8 Å². The van der Waals surface area contributed by atoms with Crippen LogP contribution >= 0.6 is 0 Å². The van der Waals surface area contributed by atoms with Gasteiger partial charge >= 0.3 is 6.03 Å². The summed E-state index contributed by atoms with van der Waals surface area (Å²) in [6.45, 7) is 1.37. The van der Waals surface area contributed by atoms with Crippen molar-refractivity contribution in [3.05, 3.63) is 24.1 Å². The molecule has 1 aromatic heterocycles. The standard InChI is InChI=1S/C13H18FN3O2/c14-10-4-5-12(16-9-10)17-13(18)15-7-6-11-3-1-2-8-19-11/h4-5,9,11H,1-3,6-8H2,(H2,15,16,17,18)/t11-/m1/s1. The van der Waals surface area contributed by atoms with Crippen LogP contribution in [0.1, 0.15) is 25.7 Å². The van der Waals surface area contributed by atoms with Gasteiger partial charge in [-0.3, -0.25) is 5.32 Å². The molecule has 0 saturated carbocycles. The van der Waals surface area contributed by atoms with Crippen LogP contribution in [-0.4, -0.2) is 30.3 Å². The van der Waals surface area contributed by atoms with Gasteiger partial charge < -0.3 is 10.1 Å². The Morgan fingerprint density at radius 1 is 1.47 bits per heavy atom. The first-order chi connectivity index (χ1) is 9.24. The molecule has 1 aliphatic heterocycles. The number of urea groups is 1. The number of anilines is 1. The largest absolute Gasteiger partial charge is 0.378 e. The minimum Gasteiger partial charge on any atom is -0.378 e. The van der Waals surface area contributed by atoms with E-state index in [-0.39, 0.29) is 12.1 Å². The summed E-state index contributed by atoms with van der Waals surface area (Å²) < 4.78 is 18.2. The number of carbonyl (C=O) groups excluding carboxylic acids is 1. The van der Waals surface area contributed by atoms with Crippen molar-refractivity contribution in [3.8, 4) is 0 Å². The smallest absolute Gasteiger partial charge is 0.320 e. The van der Waals surface area contributed by atoms with E-state index >= 15 is 0 Å². The van der Waals surface area contributed by atoms with Crippen molar-refractivity contribution in [2.75, 3.05) is 18.5 Å². The van der Waals surface area contributed by atoms with Gasteiger partial charge in [0.2, 0.25) is 0 Å². The summed E-state index contributed by atoms with van der Waals surface area (Å²) >= 11 is 0. The Hall–Kier alpha value is -1.69. The molecule has 1 saturated heterocycles. The maximum absolute atomic E-state index is 12.6. The maximum Gasteiger partial charge on any atom is 0.320 e. The number of hydrogen-bond donors (Lipinski definition) is 2. The highest BCUT2D eigenvalue weighted by Gasteiger charge is 2.13. The molecule has 2 rings (SSSR count). The lowest BCUT2D eigenvalue weighted by Gasteiger charge is -2.22. The molecule has 1 aliphatic rings. The average molecular weight is 267 g/mol. The van der Waals surface area contributed by atoms with E-state index in [1.54, 1.807) is 0 Å². The molecule has 0 unspecified atom stereocenters. The third kappa shape index (κ3) is 4.82. The number of ether oxygens (including phenoxy) is 1. The van der Waals surface area contributed by atoms with Crippen LogP contribution < -0.4 is 10.6 Å². The third-order valence-electron chi connectivity index (χ3n) is 2.99. The van der Waals surface area contributed by atoms with Crippen LogP contribution in [-0.2, 0) is 4.74 Å². The summed E-state index contributed by atoms with van der Waals surface area (Å²) in [6.07, 6.45) is 5.49. The molecule has 2 amide bonds. The van der Waals surface area contributed by atoms with E-state index in [0.29, 0.717) is 12.4 Å². The molecule has 0 aliphatic carbocycles. The van der Waals surface area contributed by atoms with Crippen molar-refractivity contribution >= 4 is 11.8 Å². The molecule has 0 radical (unpaired) electrons. The normalized spacial score (nSPS) is 18.9. The zero-order valence-electron chi connectivity index (χ0n) is 10.7. The molecule has 19 heavy (non-hydrogen) atoms. The van der Waals surface area contributed by atoms with E-state index in [1.165, 1.54) is 18.6 Å². The van der Waals surface area contributed by atoms with Gasteiger partial charge in [-0.25, -0.2) is 14.2 Å². The lowest BCUT2D eigenvalue weighted by Crippen LogP contribution is -2.32. The maximum atomic E-state index is 12.6. The number of carbonyl (C=O) groups is 1. The van der Waals surface area contributed by atoms with Crippen molar-refractivity contribution in [2.24, 2.45) is 0 Å². The SMILES string of the molecule is O=C(NCC[C@H]1CCCCO1)Nc1ccc(F)cn1. The first-order valence-corrected chi connectivity index (χ1v) is 6.52. The van der Waals surface area contributed by atoms with Crippen LogP contribution in [0.4, 0.5) is 15.0 Å². The fraction of sp³-hybridized carbons (Fsp3) is 0.538. The van der Waals surface area contributed by atoms with E-state index in [2.05, 4.69) is 15.6 Å². The molecule has 0 aromatic carbocycles. The molecule has 0 bridgehead atoms. The predicted octanol–water partition coefficient (Wildman–Crippen LogP) is 2.30. The summed E-state index contributed by atoms with van der Waals surface area (Å²) in [6, 6.07) is 2.33. The van der Waals surface area contributed by atoms with Gasteiger partial charge in [-0.2, -0.15) is 0 Å². The Morgan fingerprint density at radius 2 is 2.37 bits per heavy atom. The van der Waals surface area contributed by atoms with E-state index < -0.39 is 5.82 Å². The monoisotopic (exact) mass is 267 g/mol. The van der Waals surface area contributed by atoms with Crippen molar-refractivity contribution in [1.82, 2.24) is 10.3 Å². The van der Waals surface area contributed by atoms with Gasteiger partial charge in [-0.1, -0.05) is 0 Å². The molecule has 5 nitrogen and oxygen atoms in total. The number of nitrogens with zero attached hydrogens (tertiary/aromatic N) is 1. The van der Waals surface area contributed by atoms with Crippen LogP contribution in [0.15, 0.2) is 18.3 Å². The Morgan fingerprint density at radius 3 is 3.05 bits per heavy atom. The third-order valence-corrected chi connectivity index (χ3v) is 2.99. The molecule has 6 heteroatoms. The highest BCUT2D eigenvalue weighted by molar-refractivity contribution is 5.88. The highest BCUT2D eigenvalue weighted by atomic mass is 19.1. The molecule has 1 fully saturated rings. The molecular formula is C13H18FN3O2. The quantitative estimate of drug-likeness (QED) is 0.879. The minimum absolute atomic E-state index is 0.248. The van der Waals surface area contributed by atoms with Gasteiger partial charge in [0.15, 0.2) is 0 Å². The number of rotatable bonds is 4. The first kappa shape index (κ1) is 13.7. The van der Waals surface area contributed by atoms with E-state index in [1.807, 2.05) is 0 Å². The molecule has 1 aromatic rings. The van der Waals surface area contributed by atoms with Crippen LogP contribution in [0.2, 0.25) is 0 Å². The summed E-state index contributed by atoms with van der Waals surface area (Å²) in [5.41, 5.74) is 0. The number of pyridine rings is 1. The number of hydrogen-bond acceptors (Lipinski definition) is 3. The second-order valence-electron chi connectivity index (χ2n) is 4.52. The van der Waals surface area contributed by atoms with Gasteiger partial charge in [0.05, 0.1) is 12.3 Å². The van der Waals surface area contributed by atoms with E-state index in [0.717, 1.165) is 32.1 Å². The van der Waals surface area contributed by atoms with E-state index in [9.17, 15) is 9.18 Å². The molecule has 2 heterocycles. The minimum atomic E-state index is -0.430. The zero-order chi connectivity index (χ0) is 13.5. The van der Waals surface area contributed by atoms with Gasteiger partial charge in [0, 0.05) is 13.2 Å². The lowest BCUT2D eigenvalue weighted by molar-refractivity contribution is 0.0120. The fourth-order valence-electron chi connectivity index (χ4n) is 1.99. The summed E-state index contributed by atoms with van der Waals surface area (Å²) in [7, 11) is 0. The average Bonchev–Trinajstić information content (AvgIpc) is 2.43. The Balaban J connectivity index is 1.65. The molecule has 0 spiro atoms. The number of aromatic nitrogens is 1. The lowest BCUT2D eigenvalue weighted by atomic mass is 10.1. The van der Waals surface area contributed by atoms with Gasteiger partial charge in [0.25, 0.3) is 0 Å². The second kappa shape index (κ2) is 7.04. The predicted molar refractivity (Wildman–Crippen MR) is 69.4 cm³/mol. The van der Waals surface area contributed by atoms with Crippen molar-refractivity contribution in [3.63, 3.8) is 0 Å². The van der Waals surface area contributed by atoms with Crippen molar-refractivity contribution in [1.29, 1.82) is 0 Å². The van der Waals surface area contributed by atoms with E-state index in [4.69, 9.17) is 4.74 Å². The second-order valence-corrected chi connectivity index (χ2v) is 4.52. The fourth-order valence-corrected chi connectivity index (χ4v) is 1.99. The topological polar surface area (TPSA) is 63.2 Å².